The largest absolute Gasteiger partial charge is 0.106 e. The third-order valence-corrected chi connectivity index (χ3v) is 0.795. The second-order valence-corrected chi connectivity index (χ2v) is 1.51. The third kappa shape index (κ3) is 6.96. The van der Waals surface area contributed by atoms with Crippen LogP contribution < -0.4 is 0 Å². The molecule has 0 atom stereocenters. The van der Waals surface area contributed by atoms with Crippen molar-refractivity contribution in [3.8, 4) is 0 Å². The maximum absolute atomic E-state index is 3.66. The van der Waals surface area contributed by atoms with Crippen molar-refractivity contribution in [3.05, 3.63) is 50.1 Å². The fourth-order valence-corrected chi connectivity index (χ4v) is 0.174. The molecule has 0 saturated carbocycles. The van der Waals surface area contributed by atoms with Gasteiger partial charge in [-0.1, -0.05) is 31.4 Å². The van der Waals surface area contributed by atoms with E-state index in [0.717, 1.165) is 11.1 Å². The minimum atomic E-state index is 0.917. The van der Waals surface area contributed by atoms with Crippen LogP contribution >= 0.6 is 0 Å². The molecule has 0 saturated heterocycles. The van der Waals surface area contributed by atoms with Gasteiger partial charge in [0, 0.05) is 0 Å². The molecule has 0 heteroatoms. The van der Waals surface area contributed by atoms with Crippen LogP contribution in [0.1, 0.15) is 6.92 Å². The second-order valence-electron chi connectivity index (χ2n) is 1.51. The molecule has 0 fully saturated rings. The molecule has 50 valence electrons. The van der Waals surface area contributed by atoms with E-state index in [2.05, 4.69) is 32.9 Å². The predicted octanol–water partition coefficient (Wildman–Crippen LogP) is 3.11. The molecular weight excluding hydrogens is 108 g/mol. The number of rotatable bonds is 2. The molecule has 0 rings (SSSR count). The molecule has 0 radical (unpaired) electrons. The molecular formula is C9H14. The van der Waals surface area contributed by atoms with E-state index in [0.29, 0.717) is 0 Å². The van der Waals surface area contributed by atoms with Crippen molar-refractivity contribution in [2.24, 2.45) is 0 Å². The summed E-state index contributed by atoms with van der Waals surface area (Å²) in [5.41, 5.74) is 1.90. The Bertz CT molecular complexity index is 118. The third-order valence-electron chi connectivity index (χ3n) is 0.795. The van der Waals surface area contributed by atoms with E-state index >= 15 is 0 Å². The molecule has 0 nitrogen and oxygen atoms in total. The summed E-state index contributed by atoms with van der Waals surface area (Å²) in [7, 11) is 0. The van der Waals surface area contributed by atoms with Gasteiger partial charge in [-0.3, -0.25) is 0 Å². The monoisotopic (exact) mass is 122 g/mol. The smallest absolute Gasteiger partial charge is 0.0311 e. The van der Waals surface area contributed by atoms with Crippen molar-refractivity contribution in [3.63, 3.8) is 0 Å². The summed E-state index contributed by atoms with van der Waals surface area (Å²) in [5.74, 6) is 0. The Kier molecular flexibility index (Phi) is 8.39. The highest BCUT2D eigenvalue weighted by molar-refractivity contribution is 5.31. The second kappa shape index (κ2) is 6.96. The van der Waals surface area contributed by atoms with Gasteiger partial charge in [0.15, 0.2) is 0 Å². The van der Waals surface area contributed by atoms with E-state index in [1.54, 1.807) is 6.08 Å². The first kappa shape index (κ1) is 10.9. The SMILES string of the molecule is C=C.C=CC(=C)C(=C)C. The van der Waals surface area contributed by atoms with Crippen LogP contribution in [-0.4, -0.2) is 0 Å². The molecule has 0 heterocycles. The Hall–Kier alpha value is -1.04. The van der Waals surface area contributed by atoms with Gasteiger partial charge in [0.25, 0.3) is 0 Å². The molecule has 0 aliphatic heterocycles. The van der Waals surface area contributed by atoms with Crippen molar-refractivity contribution in [2.75, 3.05) is 0 Å². The highest BCUT2D eigenvalue weighted by Gasteiger charge is 1.81. The Balaban J connectivity index is 0. The molecule has 0 bridgehead atoms. The molecule has 0 aromatic rings. The lowest BCUT2D eigenvalue weighted by atomic mass is 10.2. The molecule has 0 aliphatic rings. The Morgan fingerprint density at radius 3 is 1.56 bits per heavy atom. The minimum absolute atomic E-state index is 0.917. The Labute approximate surface area is 57.9 Å². The van der Waals surface area contributed by atoms with Crippen LogP contribution in [0.2, 0.25) is 0 Å². The van der Waals surface area contributed by atoms with Gasteiger partial charge >= 0.3 is 0 Å². The fraction of sp³-hybridized carbons (Fsp3) is 0.111. The van der Waals surface area contributed by atoms with Crippen LogP contribution in [0.3, 0.4) is 0 Å². The standard InChI is InChI=1S/C7H10.C2H4/c1-5-7(4)6(2)3;1-2/h5H,1-2,4H2,3H3;1-2H2. The lowest BCUT2D eigenvalue weighted by molar-refractivity contribution is 1.48. The number of allylic oxidation sites excluding steroid dienone is 3. The van der Waals surface area contributed by atoms with Gasteiger partial charge in [0.2, 0.25) is 0 Å². The molecule has 0 aromatic carbocycles. The van der Waals surface area contributed by atoms with E-state index < -0.39 is 0 Å². The molecule has 0 unspecified atom stereocenters. The van der Waals surface area contributed by atoms with Gasteiger partial charge in [-0.2, -0.15) is 0 Å². The molecule has 0 spiro atoms. The predicted molar refractivity (Wildman–Crippen MR) is 45.4 cm³/mol. The zero-order valence-electron chi connectivity index (χ0n) is 6.11. The van der Waals surface area contributed by atoms with Crippen molar-refractivity contribution in [1.82, 2.24) is 0 Å². The van der Waals surface area contributed by atoms with Crippen LogP contribution in [0.25, 0.3) is 0 Å². The van der Waals surface area contributed by atoms with Gasteiger partial charge in [0.05, 0.1) is 0 Å². The van der Waals surface area contributed by atoms with Gasteiger partial charge in [-0.25, -0.2) is 0 Å². The Morgan fingerprint density at radius 1 is 1.22 bits per heavy atom. The highest BCUT2D eigenvalue weighted by atomic mass is 13.9. The topological polar surface area (TPSA) is 0 Å². The lowest BCUT2D eigenvalue weighted by Crippen LogP contribution is -1.70. The van der Waals surface area contributed by atoms with Crippen LogP contribution in [0, 0.1) is 0 Å². The van der Waals surface area contributed by atoms with Crippen LogP contribution in [0.15, 0.2) is 50.1 Å². The lowest BCUT2D eigenvalue weighted by Gasteiger charge is -1.90. The first-order chi connectivity index (χ1) is 4.18. The van der Waals surface area contributed by atoms with E-state index in [-0.39, 0.29) is 0 Å². The maximum Gasteiger partial charge on any atom is -0.0311 e. The van der Waals surface area contributed by atoms with E-state index in [1.807, 2.05) is 6.92 Å². The molecule has 9 heavy (non-hydrogen) atoms. The van der Waals surface area contributed by atoms with Gasteiger partial charge < -0.3 is 0 Å². The zero-order chi connectivity index (χ0) is 7.86. The Morgan fingerprint density at radius 2 is 1.56 bits per heavy atom. The van der Waals surface area contributed by atoms with Crippen LogP contribution in [-0.2, 0) is 0 Å². The van der Waals surface area contributed by atoms with Crippen molar-refractivity contribution in [1.29, 1.82) is 0 Å². The first-order valence-electron chi connectivity index (χ1n) is 2.65. The highest BCUT2D eigenvalue weighted by Crippen LogP contribution is 2.01. The summed E-state index contributed by atoms with van der Waals surface area (Å²) in [6.45, 7) is 18.7. The summed E-state index contributed by atoms with van der Waals surface area (Å²) >= 11 is 0. The zero-order valence-corrected chi connectivity index (χ0v) is 6.11. The summed E-state index contributed by atoms with van der Waals surface area (Å²) in [4.78, 5) is 0. The molecule has 0 amide bonds. The van der Waals surface area contributed by atoms with Crippen LogP contribution in [0.4, 0.5) is 0 Å². The average Bonchev–Trinajstić information content (AvgIpc) is 1.91. The summed E-state index contributed by atoms with van der Waals surface area (Å²) in [6.07, 6.45) is 1.70. The molecule has 0 N–H and O–H groups in total. The van der Waals surface area contributed by atoms with Crippen molar-refractivity contribution >= 4 is 0 Å². The van der Waals surface area contributed by atoms with Gasteiger partial charge in [-0.05, 0) is 12.5 Å². The maximum atomic E-state index is 3.66. The summed E-state index contributed by atoms with van der Waals surface area (Å²) in [5, 5.41) is 0. The van der Waals surface area contributed by atoms with Crippen molar-refractivity contribution < 1.29 is 0 Å². The van der Waals surface area contributed by atoms with Crippen molar-refractivity contribution in [2.45, 2.75) is 6.92 Å². The fourth-order valence-electron chi connectivity index (χ4n) is 0.174. The van der Waals surface area contributed by atoms with Gasteiger partial charge in [0.1, 0.15) is 0 Å². The minimum Gasteiger partial charge on any atom is -0.106 e. The van der Waals surface area contributed by atoms with E-state index in [1.165, 1.54) is 0 Å². The van der Waals surface area contributed by atoms with E-state index in [4.69, 9.17) is 0 Å². The number of hydrogen-bond acceptors (Lipinski definition) is 0. The summed E-state index contributed by atoms with van der Waals surface area (Å²) < 4.78 is 0. The van der Waals surface area contributed by atoms with E-state index in [9.17, 15) is 0 Å². The first-order valence-corrected chi connectivity index (χ1v) is 2.65. The quantitative estimate of drug-likeness (QED) is 0.390. The number of hydrogen-bond donors (Lipinski definition) is 0. The van der Waals surface area contributed by atoms with Crippen LogP contribution in [0.5, 0.6) is 0 Å². The molecule has 0 aromatic heterocycles. The normalized spacial score (nSPS) is 6.33. The molecule has 0 aliphatic carbocycles. The summed E-state index contributed by atoms with van der Waals surface area (Å²) in [6, 6.07) is 0. The van der Waals surface area contributed by atoms with Gasteiger partial charge in [-0.15, -0.1) is 13.2 Å². The average molecular weight is 122 g/mol.